The minimum atomic E-state index is 0.322. The first-order chi connectivity index (χ1) is 5.38. The first-order valence-electron chi connectivity index (χ1n) is 4.38. The normalized spacial score (nSPS) is 25.1. The Hall–Kier alpha value is -0.120. The summed E-state index contributed by atoms with van der Waals surface area (Å²) in [4.78, 5) is 2.42. The van der Waals surface area contributed by atoms with Crippen molar-refractivity contribution in [3.63, 3.8) is 0 Å². The van der Waals surface area contributed by atoms with Crippen molar-refractivity contribution in [1.82, 2.24) is 10.2 Å². The quantitative estimate of drug-likeness (QED) is 0.575. The molecule has 1 heterocycles. The van der Waals surface area contributed by atoms with Gasteiger partial charge >= 0.3 is 0 Å². The zero-order valence-electron chi connectivity index (χ0n) is 7.21. The van der Waals surface area contributed by atoms with Crippen molar-refractivity contribution in [2.75, 3.05) is 33.3 Å². The second-order valence-electron chi connectivity index (χ2n) is 3.11. The maximum atomic E-state index is 8.61. The Bertz CT molecular complexity index is 108. The molecular formula is C8H18N2O. The van der Waals surface area contributed by atoms with E-state index in [4.69, 9.17) is 5.11 Å². The predicted octanol–water partition coefficient (Wildman–Crippen LogP) is -0.337. The second-order valence-corrected chi connectivity index (χ2v) is 3.11. The summed E-state index contributed by atoms with van der Waals surface area (Å²) < 4.78 is 0. The van der Waals surface area contributed by atoms with Crippen molar-refractivity contribution in [3.05, 3.63) is 0 Å². The average molecular weight is 158 g/mol. The Morgan fingerprint density at radius 1 is 1.64 bits per heavy atom. The maximum absolute atomic E-state index is 8.61. The highest BCUT2D eigenvalue weighted by Gasteiger charge is 2.25. The Balaban J connectivity index is 2.05. The lowest BCUT2D eigenvalue weighted by Gasteiger charge is -2.40. The summed E-state index contributed by atoms with van der Waals surface area (Å²) in [7, 11) is 1.99. The molecule has 1 aliphatic rings. The third kappa shape index (κ3) is 2.43. The number of likely N-dealkylation sites (tertiary alicyclic amines) is 1. The van der Waals surface area contributed by atoms with E-state index in [-0.39, 0.29) is 0 Å². The molecule has 1 aliphatic heterocycles. The molecule has 0 bridgehead atoms. The van der Waals surface area contributed by atoms with Gasteiger partial charge in [0.05, 0.1) is 0 Å². The average Bonchev–Trinajstić information content (AvgIpc) is 1.99. The molecule has 0 radical (unpaired) electrons. The van der Waals surface area contributed by atoms with Gasteiger partial charge in [0.1, 0.15) is 0 Å². The molecule has 0 saturated carbocycles. The van der Waals surface area contributed by atoms with Gasteiger partial charge in [-0.3, -0.25) is 4.90 Å². The summed E-state index contributed by atoms with van der Waals surface area (Å²) in [5, 5.41) is 11.8. The third-order valence-electron chi connectivity index (χ3n) is 2.31. The SMILES string of the molecule is CNCC1CCN1CCCO. The minimum Gasteiger partial charge on any atom is -0.396 e. The number of hydrogen-bond donors (Lipinski definition) is 2. The van der Waals surface area contributed by atoms with Crippen molar-refractivity contribution in [2.24, 2.45) is 0 Å². The van der Waals surface area contributed by atoms with Crippen molar-refractivity contribution in [3.8, 4) is 0 Å². The van der Waals surface area contributed by atoms with Gasteiger partial charge in [0.25, 0.3) is 0 Å². The van der Waals surface area contributed by atoms with Crippen LogP contribution in [0.5, 0.6) is 0 Å². The zero-order valence-corrected chi connectivity index (χ0v) is 7.21. The van der Waals surface area contributed by atoms with Gasteiger partial charge in [-0.1, -0.05) is 0 Å². The van der Waals surface area contributed by atoms with Crippen LogP contribution in [0.15, 0.2) is 0 Å². The smallest absolute Gasteiger partial charge is 0.0443 e. The van der Waals surface area contributed by atoms with Gasteiger partial charge in [0.2, 0.25) is 0 Å². The van der Waals surface area contributed by atoms with Crippen molar-refractivity contribution in [2.45, 2.75) is 18.9 Å². The molecule has 0 aromatic heterocycles. The molecule has 0 aliphatic carbocycles. The lowest BCUT2D eigenvalue weighted by molar-refractivity contribution is 0.0829. The van der Waals surface area contributed by atoms with Crippen LogP contribution in [0.25, 0.3) is 0 Å². The molecule has 11 heavy (non-hydrogen) atoms. The van der Waals surface area contributed by atoms with Gasteiger partial charge in [-0.25, -0.2) is 0 Å². The largest absolute Gasteiger partial charge is 0.396 e. The number of hydrogen-bond acceptors (Lipinski definition) is 3. The maximum Gasteiger partial charge on any atom is 0.0443 e. The predicted molar refractivity (Wildman–Crippen MR) is 45.6 cm³/mol. The number of likely N-dealkylation sites (N-methyl/N-ethyl adjacent to an activating group) is 1. The van der Waals surface area contributed by atoms with Crippen LogP contribution in [0.2, 0.25) is 0 Å². The molecule has 2 N–H and O–H groups in total. The summed E-state index contributed by atoms with van der Waals surface area (Å²) in [6.07, 6.45) is 2.23. The minimum absolute atomic E-state index is 0.322. The lowest BCUT2D eigenvalue weighted by Crippen LogP contribution is -2.52. The Kier molecular flexibility index (Phi) is 3.83. The monoisotopic (exact) mass is 158 g/mol. The van der Waals surface area contributed by atoms with Gasteiger partial charge in [0.15, 0.2) is 0 Å². The molecule has 0 aromatic rings. The van der Waals surface area contributed by atoms with Gasteiger partial charge < -0.3 is 10.4 Å². The molecule has 0 amide bonds. The number of aliphatic hydroxyl groups excluding tert-OH is 1. The van der Waals surface area contributed by atoms with Gasteiger partial charge in [0, 0.05) is 32.3 Å². The van der Waals surface area contributed by atoms with Crippen molar-refractivity contribution < 1.29 is 5.11 Å². The fourth-order valence-electron chi connectivity index (χ4n) is 1.53. The molecule has 1 rings (SSSR count). The van der Waals surface area contributed by atoms with Crippen LogP contribution in [0.4, 0.5) is 0 Å². The van der Waals surface area contributed by atoms with Gasteiger partial charge in [-0.2, -0.15) is 0 Å². The van der Waals surface area contributed by atoms with E-state index in [1.165, 1.54) is 13.0 Å². The number of rotatable bonds is 5. The number of nitrogens with one attached hydrogen (secondary N) is 1. The number of aliphatic hydroxyl groups is 1. The molecule has 3 nitrogen and oxygen atoms in total. The van der Waals surface area contributed by atoms with E-state index in [0.29, 0.717) is 6.61 Å². The van der Waals surface area contributed by atoms with E-state index >= 15 is 0 Å². The van der Waals surface area contributed by atoms with Gasteiger partial charge in [-0.05, 0) is 19.9 Å². The third-order valence-corrected chi connectivity index (χ3v) is 2.31. The summed E-state index contributed by atoms with van der Waals surface area (Å²) in [6.45, 7) is 3.68. The van der Waals surface area contributed by atoms with Crippen LogP contribution in [0.3, 0.4) is 0 Å². The highest BCUT2D eigenvalue weighted by atomic mass is 16.3. The van der Waals surface area contributed by atoms with E-state index in [2.05, 4.69) is 10.2 Å². The topological polar surface area (TPSA) is 35.5 Å². The Morgan fingerprint density at radius 3 is 2.91 bits per heavy atom. The molecule has 1 saturated heterocycles. The Morgan fingerprint density at radius 2 is 2.45 bits per heavy atom. The molecular weight excluding hydrogens is 140 g/mol. The first-order valence-corrected chi connectivity index (χ1v) is 4.38. The summed E-state index contributed by atoms with van der Waals surface area (Å²) in [6, 6.07) is 0.728. The van der Waals surface area contributed by atoms with Crippen LogP contribution in [0.1, 0.15) is 12.8 Å². The summed E-state index contributed by atoms with van der Waals surface area (Å²) >= 11 is 0. The Labute approximate surface area is 68.4 Å². The fourth-order valence-corrected chi connectivity index (χ4v) is 1.53. The van der Waals surface area contributed by atoms with E-state index in [9.17, 15) is 0 Å². The molecule has 66 valence electrons. The van der Waals surface area contributed by atoms with Crippen LogP contribution in [0, 0.1) is 0 Å². The molecule has 0 aromatic carbocycles. The van der Waals surface area contributed by atoms with Crippen molar-refractivity contribution in [1.29, 1.82) is 0 Å². The second kappa shape index (κ2) is 4.70. The summed E-state index contributed by atoms with van der Waals surface area (Å²) in [5.41, 5.74) is 0. The highest BCUT2D eigenvalue weighted by Crippen LogP contribution is 2.15. The van der Waals surface area contributed by atoms with Gasteiger partial charge in [-0.15, -0.1) is 0 Å². The summed E-state index contributed by atoms with van der Waals surface area (Å²) in [5.74, 6) is 0. The van der Waals surface area contributed by atoms with Crippen LogP contribution >= 0.6 is 0 Å². The van der Waals surface area contributed by atoms with E-state index < -0.39 is 0 Å². The standard InChI is InChI=1S/C8H18N2O/c1-9-7-8-3-5-10(8)4-2-6-11/h8-9,11H,2-7H2,1H3. The van der Waals surface area contributed by atoms with Crippen LogP contribution in [-0.4, -0.2) is 49.3 Å². The molecule has 3 heteroatoms. The van der Waals surface area contributed by atoms with E-state index in [1.54, 1.807) is 0 Å². The zero-order chi connectivity index (χ0) is 8.10. The molecule has 0 spiro atoms. The molecule has 1 fully saturated rings. The van der Waals surface area contributed by atoms with E-state index in [1.807, 2.05) is 7.05 Å². The molecule has 1 unspecified atom stereocenters. The lowest BCUT2D eigenvalue weighted by atomic mass is 10.0. The first kappa shape index (κ1) is 8.97. The fraction of sp³-hybridized carbons (Fsp3) is 1.00. The van der Waals surface area contributed by atoms with Crippen LogP contribution in [-0.2, 0) is 0 Å². The highest BCUT2D eigenvalue weighted by molar-refractivity contribution is 4.83. The van der Waals surface area contributed by atoms with Crippen LogP contribution < -0.4 is 5.32 Å². The van der Waals surface area contributed by atoms with E-state index in [0.717, 1.165) is 25.6 Å². The van der Waals surface area contributed by atoms with Crippen molar-refractivity contribution >= 4 is 0 Å². The number of nitrogens with zero attached hydrogens (tertiary/aromatic N) is 1. The molecule has 1 atom stereocenters.